The predicted molar refractivity (Wildman–Crippen MR) is 78.7 cm³/mol. The van der Waals surface area contributed by atoms with Gasteiger partial charge in [-0.05, 0) is 18.6 Å². The van der Waals surface area contributed by atoms with Crippen LogP contribution in [0, 0.1) is 0 Å². The Labute approximate surface area is 122 Å². The van der Waals surface area contributed by atoms with Gasteiger partial charge in [0, 0.05) is 26.0 Å². The number of hydrogen-bond acceptors (Lipinski definition) is 4. The number of unbranched alkanes of at least 4 members (excludes halogenated alkanes) is 1. The third-order valence-corrected chi connectivity index (χ3v) is 3.90. The Balaban J connectivity index is 1.85. The lowest BCUT2D eigenvalue weighted by molar-refractivity contribution is 0.0924. The van der Waals surface area contributed by atoms with E-state index >= 15 is 0 Å². The number of aryl methyl sites for hydroxylation is 1. The average Bonchev–Trinajstić information content (AvgIpc) is 3.05. The van der Waals surface area contributed by atoms with Crippen molar-refractivity contribution in [3.05, 3.63) is 36.0 Å². The third kappa shape index (κ3) is 3.90. The van der Waals surface area contributed by atoms with E-state index in [0.717, 1.165) is 23.8 Å². The molecule has 0 aliphatic carbocycles. The first-order valence-electron chi connectivity index (χ1n) is 6.67. The summed E-state index contributed by atoms with van der Waals surface area (Å²) in [4.78, 5) is 16.0. The van der Waals surface area contributed by atoms with Gasteiger partial charge in [-0.25, -0.2) is 4.98 Å². The van der Waals surface area contributed by atoms with Crippen molar-refractivity contribution in [3.63, 3.8) is 0 Å². The van der Waals surface area contributed by atoms with Gasteiger partial charge in [-0.3, -0.25) is 4.79 Å². The van der Waals surface area contributed by atoms with Gasteiger partial charge in [0.15, 0.2) is 10.9 Å². The summed E-state index contributed by atoms with van der Waals surface area (Å²) in [5.74, 6) is 1.66. The van der Waals surface area contributed by atoms with Gasteiger partial charge in [0.2, 0.25) is 0 Å². The molecule has 0 aromatic carbocycles. The molecular weight excluding hydrogens is 274 g/mol. The zero-order valence-electron chi connectivity index (χ0n) is 11.8. The summed E-state index contributed by atoms with van der Waals surface area (Å²) in [5.41, 5.74) is 0. The summed E-state index contributed by atoms with van der Waals surface area (Å²) < 4.78 is 7.49. The van der Waals surface area contributed by atoms with E-state index < -0.39 is 0 Å². The van der Waals surface area contributed by atoms with Crippen LogP contribution >= 0.6 is 11.8 Å². The molecule has 5 nitrogen and oxygen atoms in total. The van der Waals surface area contributed by atoms with Crippen molar-refractivity contribution >= 4 is 17.7 Å². The Morgan fingerprint density at radius 3 is 3.05 bits per heavy atom. The van der Waals surface area contributed by atoms with Crippen LogP contribution in [0.5, 0.6) is 0 Å². The van der Waals surface area contributed by atoms with Crippen LogP contribution in [0.15, 0.2) is 34.1 Å². The fraction of sp³-hybridized carbons (Fsp3) is 0.429. The quantitative estimate of drug-likeness (QED) is 0.630. The highest BCUT2D eigenvalue weighted by atomic mass is 32.2. The lowest BCUT2D eigenvalue weighted by Gasteiger charge is -2.01. The highest BCUT2D eigenvalue weighted by Gasteiger charge is 2.11. The lowest BCUT2D eigenvalue weighted by Crippen LogP contribution is -2.23. The maximum Gasteiger partial charge on any atom is 0.286 e. The highest BCUT2D eigenvalue weighted by molar-refractivity contribution is 7.98. The lowest BCUT2D eigenvalue weighted by atomic mass is 10.3. The average molecular weight is 293 g/mol. The Morgan fingerprint density at radius 1 is 1.50 bits per heavy atom. The summed E-state index contributed by atoms with van der Waals surface area (Å²) in [6.07, 6.45) is 5.70. The van der Waals surface area contributed by atoms with Crippen LogP contribution in [0.25, 0.3) is 0 Å². The summed E-state index contributed by atoms with van der Waals surface area (Å²) >= 11 is 1.58. The molecule has 0 spiro atoms. The van der Waals surface area contributed by atoms with E-state index in [1.807, 2.05) is 23.9 Å². The van der Waals surface area contributed by atoms with Crippen molar-refractivity contribution in [1.82, 2.24) is 14.9 Å². The number of nitrogens with zero attached hydrogens (tertiary/aromatic N) is 2. The minimum Gasteiger partial charge on any atom is -0.455 e. The van der Waals surface area contributed by atoms with Crippen LogP contribution in [-0.4, -0.2) is 22.0 Å². The monoisotopic (exact) mass is 293 g/mol. The Morgan fingerprint density at radius 2 is 2.35 bits per heavy atom. The molecule has 0 radical (unpaired) electrons. The van der Waals surface area contributed by atoms with Gasteiger partial charge in [0.25, 0.3) is 5.91 Å². The SMILES string of the molecule is CCCCNC(=O)c1ccc(CSc2nccn2C)o1. The largest absolute Gasteiger partial charge is 0.455 e. The first kappa shape index (κ1) is 14.7. The number of hydrogen-bond donors (Lipinski definition) is 1. The van der Waals surface area contributed by atoms with Gasteiger partial charge in [0.1, 0.15) is 5.76 Å². The van der Waals surface area contributed by atoms with Crippen LogP contribution in [0.2, 0.25) is 0 Å². The minimum absolute atomic E-state index is 0.147. The van der Waals surface area contributed by atoms with Crippen molar-refractivity contribution < 1.29 is 9.21 Å². The summed E-state index contributed by atoms with van der Waals surface area (Å²) in [6, 6.07) is 3.56. The summed E-state index contributed by atoms with van der Waals surface area (Å²) in [7, 11) is 1.95. The zero-order chi connectivity index (χ0) is 14.4. The Bertz CT molecular complexity index is 562. The molecule has 0 bridgehead atoms. The first-order valence-corrected chi connectivity index (χ1v) is 7.66. The van der Waals surface area contributed by atoms with Crippen molar-refractivity contribution in [3.8, 4) is 0 Å². The van der Waals surface area contributed by atoms with Gasteiger partial charge in [-0.15, -0.1) is 0 Å². The standard InChI is InChI=1S/C14H19N3O2S/c1-3-4-7-15-13(18)12-6-5-11(19-12)10-20-14-16-8-9-17(14)2/h5-6,8-9H,3-4,7,10H2,1-2H3,(H,15,18). The van der Waals surface area contributed by atoms with E-state index in [4.69, 9.17) is 4.42 Å². The number of carbonyl (C=O) groups excluding carboxylic acids is 1. The van der Waals surface area contributed by atoms with E-state index in [0.29, 0.717) is 18.1 Å². The molecule has 0 saturated heterocycles. The molecule has 2 rings (SSSR count). The van der Waals surface area contributed by atoms with E-state index in [9.17, 15) is 4.79 Å². The summed E-state index contributed by atoms with van der Waals surface area (Å²) in [6.45, 7) is 2.78. The molecular formula is C14H19N3O2S. The van der Waals surface area contributed by atoms with Crippen molar-refractivity contribution in [1.29, 1.82) is 0 Å². The van der Waals surface area contributed by atoms with E-state index in [-0.39, 0.29) is 5.91 Å². The van der Waals surface area contributed by atoms with Gasteiger partial charge >= 0.3 is 0 Å². The van der Waals surface area contributed by atoms with Crippen LogP contribution in [0.1, 0.15) is 36.1 Å². The molecule has 0 aliphatic heterocycles. The van der Waals surface area contributed by atoms with Crippen LogP contribution < -0.4 is 5.32 Å². The second kappa shape index (κ2) is 7.19. The Kier molecular flexibility index (Phi) is 5.29. The molecule has 0 unspecified atom stereocenters. The molecule has 0 saturated carbocycles. The number of rotatable bonds is 7. The van der Waals surface area contributed by atoms with Crippen LogP contribution in [-0.2, 0) is 12.8 Å². The molecule has 0 fully saturated rings. The number of furan rings is 1. The van der Waals surface area contributed by atoms with Gasteiger partial charge < -0.3 is 14.3 Å². The molecule has 1 amide bonds. The third-order valence-electron chi connectivity index (χ3n) is 2.82. The molecule has 1 N–H and O–H groups in total. The molecule has 108 valence electrons. The molecule has 20 heavy (non-hydrogen) atoms. The Hall–Kier alpha value is -1.69. The van der Waals surface area contributed by atoms with Gasteiger partial charge in [0.05, 0.1) is 5.75 Å². The minimum atomic E-state index is -0.147. The molecule has 2 aromatic heterocycles. The van der Waals surface area contributed by atoms with E-state index in [1.54, 1.807) is 24.0 Å². The number of nitrogens with one attached hydrogen (secondary N) is 1. The topological polar surface area (TPSA) is 60.1 Å². The fourth-order valence-electron chi connectivity index (χ4n) is 1.67. The van der Waals surface area contributed by atoms with Crippen molar-refractivity contribution in [2.75, 3.05) is 6.54 Å². The van der Waals surface area contributed by atoms with Crippen LogP contribution in [0.3, 0.4) is 0 Å². The van der Waals surface area contributed by atoms with Gasteiger partial charge in [-0.2, -0.15) is 0 Å². The smallest absolute Gasteiger partial charge is 0.286 e. The van der Waals surface area contributed by atoms with Crippen molar-refractivity contribution in [2.24, 2.45) is 7.05 Å². The number of imidazole rings is 1. The highest BCUT2D eigenvalue weighted by Crippen LogP contribution is 2.21. The van der Waals surface area contributed by atoms with Gasteiger partial charge in [-0.1, -0.05) is 25.1 Å². The van der Waals surface area contributed by atoms with E-state index in [1.165, 1.54) is 0 Å². The maximum absolute atomic E-state index is 11.8. The second-order valence-electron chi connectivity index (χ2n) is 4.48. The predicted octanol–water partition coefficient (Wildman–Crippen LogP) is 2.84. The number of carbonyl (C=O) groups is 1. The second-order valence-corrected chi connectivity index (χ2v) is 5.43. The number of thioether (sulfide) groups is 1. The molecule has 2 heterocycles. The number of amides is 1. The maximum atomic E-state index is 11.8. The normalized spacial score (nSPS) is 10.7. The van der Waals surface area contributed by atoms with Crippen molar-refractivity contribution in [2.45, 2.75) is 30.7 Å². The van der Waals surface area contributed by atoms with Crippen LogP contribution in [0.4, 0.5) is 0 Å². The first-order chi connectivity index (χ1) is 9.70. The summed E-state index contributed by atoms with van der Waals surface area (Å²) in [5, 5.41) is 3.76. The number of aromatic nitrogens is 2. The molecule has 0 aliphatic rings. The fourth-order valence-corrected chi connectivity index (χ4v) is 2.50. The molecule has 0 atom stereocenters. The van der Waals surface area contributed by atoms with E-state index in [2.05, 4.69) is 17.2 Å². The molecule has 6 heteroatoms. The zero-order valence-corrected chi connectivity index (χ0v) is 12.6. The molecule has 2 aromatic rings.